The third-order valence-corrected chi connectivity index (χ3v) is 4.15. The molecule has 1 aromatic rings. The van der Waals surface area contributed by atoms with E-state index >= 15 is 0 Å². The number of nitrogens with two attached hydrogens (primary N) is 1. The van der Waals surface area contributed by atoms with Crippen molar-refractivity contribution in [3.05, 3.63) is 28.8 Å². The summed E-state index contributed by atoms with van der Waals surface area (Å²) in [7, 11) is 1.69. The lowest BCUT2D eigenvalue weighted by molar-refractivity contribution is 0.126. The van der Waals surface area contributed by atoms with Crippen molar-refractivity contribution in [2.24, 2.45) is 5.73 Å². The van der Waals surface area contributed by atoms with Crippen molar-refractivity contribution in [2.75, 3.05) is 20.2 Å². The highest BCUT2D eigenvalue weighted by atomic mass is 35.5. The molecule has 1 saturated heterocycles. The quantitative estimate of drug-likeness (QED) is 0.921. The van der Waals surface area contributed by atoms with Crippen LogP contribution in [0.1, 0.15) is 37.8 Å². The molecule has 2 unspecified atom stereocenters. The molecule has 1 aliphatic rings. The lowest BCUT2D eigenvalue weighted by atomic mass is 9.90. The Bertz CT molecular complexity index is 423. The van der Waals surface area contributed by atoms with Crippen LogP contribution in [0.15, 0.2) is 18.2 Å². The largest absolute Gasteiger partial charge is 0.496 e. The molecule has 0 radical (unpaired) electrons. The van der Waals surface area contributed by atoms with E-state index in [1.54, 1.807) is 7.11 Å². The predicted octanol–water partition coefficient (Wildman–Crippen LogP) is 3.22. The van der Waals surface area contributed by atoms with Gasteiger partial charge in [0, 0.05) is 16.6 Å². The molecule has 3 nitrogen and oxygen atoms in total. The summed E-state index contributed by atoms with van der Waals surface area (Å²) in [6, 6.07) is 6.09. The Kier molecular flexibility index (Phi) is 5.08. The zero-order valence-electron chi connectivity index (χ0n) is 11.7. The summed E-state index contributed by atoms with van der Waals surface area (Å²) in [4.78, 5) is 2.44. The maximum absolute atomic E-state index is 6.41. The van der Waals surface area contributed by atoms with E-state index in [0.717, 1.165) is 48.7 Å². The highest BCUT2D eigenvalue weighted by molar-refractivity contribution is 6.31. The van der Waals surface area contributed by atoms with Crippen LogP contribution < -0.4 is 10.5 Å². The van der Waals surface area contributed by atoms with Crippen molar-refractivity contribution in [3.8, 4) is 5.75 Å². The summed E-state index contributed by atoms with van der Waals surface area (Å²) in [6.45, 7) is 4.33. The molecule has 0 bridgehead atoms. The lowest BCUT2D eigenvalue weighted by Gasteiger charge is -2.40. The fraction of sp³-hybridized carbons (Fsp3) is 0.600. The number of likely N-dealkylation sites (tertiary alicyclic amines) is 1. The van der Waals surface area contributed by atoms with Crippen molar-refractivity contribution in [1.82, 2.24) is 4.90 Å². The first kappa shape index (κ1) is 14.6. The number of rotatable bonds is 4. The van der Waals surface area contributed by atoms with Crippen LogP contribution in [0.25, 0.3) is 0 Å². The predicted molar refractivity (Wildman–Crippen MR) is 79.8 cm³/mol. The monoisotopic (exact) mass is 282 g/mol. The topological polar surface area (TPSA) is 38.5 Å². The van der Waals surface area contributed by atoms with E-state index in [9.17, 15) is 0 Å². The van der Waals surface area contributed by atoms with Crippen molar-refractivity contribution >= 4 is 11.6 Å². The second-order valence-electron chi connectivity index (χ2n) is 5.14. The van der Waals surface area contributed by atoms with E-state index in [-0.39, 0.29) is 12.1 Å². The fourth-order valence-corrected chi connectivity index (χ4v) is 3.29. The Morgan fingerprint density at radius 2 is 2.26 bits per heavy atom. The molecule has 2 rings (SSSR count). The van der Waals surface area contributed by atoms with Gasteiger partial charge in [-0.25, -0.2) is 0 Å². The van der Waals surface area contributed by atoms with E-state index in [1.165, 1.54) is 0 Å². The molecule has 2 atom stereocenters. The zero-order chi connectivity index (χ0) is 13.8. The number of methoxy groups -OCH3 is 1. The van der Waals surface area contributed by atoms with Crippen LogP contribution in [0.5, 0.6) is 5.75 Å². The van der Waals surface area contributed by atoms with Crippen LogP contribution in [-0.4, -0.2) is 31.1 Å². The number of halogens is 1. The average molecular weight is 283 g/mol. The highest BCUT2D eigenvalue weighted by Crippen LogP contribution is 2.39. The normalized spacial score (nSPS) is 24.4. The van der Waals surface area contributed by atoms with Crippen molar-refractivity contribution < 1.29 is 4.74 Å². The van der Waals surface area contributed by atoms with Gasteiger partial charge in [0.1, 0.15) is 5.75 Å². The molecule has 1 heterocycles. The van der Waals surface area contributed by atoms with Gasteiger partial charge in [-0.1, -0.05) is 24.6 Å². The molecule has 0 spiro atoms. The van der Waals surface area contributed by atoms with Gasteiger partial charge >= 0.3 is 0 Å². The van der Waals surface area contributed by atoms with Crippen molar-refractivity contribution in [3.63, 3.8) is 0 Å². The van der Waals surface area contributed by atoms with E-state index in [4.69, 9.17) is 22.1 Å². The summed E-state index contributed by atoms with van der Waals surface area (Å²) in [5.41, 5.74) is 7.42. The van der Waals surface area contributed by atoms with Gasteiger partial charge in [-0.15, -0.1) is 0 Å². The van der Waals surface area contributed by atoms with Gasteiger partial charge in [-0.3, -0.25) is 4.90 Å². The second-order valence-corrected chi connectivity index (χ2v) is 5.55. The molecule has 0 aliphatic carbocycles. The molecule has 1 aromatic carbocycles. The van der Waals surface area contributed by atoms with Gasteiger partial charge in [0.15, 0.2) is 0 Å². The first-order valence-corrected chi connectivity index (χ1v) is 7.38. The maximum Gasteiger partial charge on any atom is 0.125 e. The smallest absolute Gasteiger partial charge is 0.125 e. The molecule has 1 fully saturated rings. The minimum Gasteiger partial charge on any atom is -0.496 e. The summed E-state index contributed by atoms with van der Waals surface area (Å²) in [6.07, 6.45) is 3.32. The maximum atomic E-state index is 6.41. The van der Waals surface area contributed by atoms with E-state index in [2.05, 4.69) is 11.8 Å². The zero-order valence-corrected chi connectivity index (χ0v) is 12.5. The number of piperidine rings is 1. The van der Waals surface area contributed by atoms with Gasteiger partial charge in [0.2, 0.25) is 0 Å². The van der Waals surface area contributed by atoms with Crippen LogP contribution in [0.2, 0.25) is 5.02 Å². The highest BCUT2D eigenvalue weighted by Gasteiger charge is 2.33. The minimum atomic E-state index is 0.120. The Morgan fingerprint density at radius 1 is 1.47 bits per heavy atom. The minimum absolute atomic E-state index is 0.120. The van der Waals surface area contributed by atoms with Crippen molar-refractivity contribution in [1.29, 1.82) is 0 Å². The van der Waals surface area contributed by atoms with E-state index in [1.807, 2.05) is 18.2 Å². The van der Waals surface area contributed by atoms with E-state index in [0.29, 0.717) is 0 Å². The van der Waals surface area contributed by atoms with Crippen LogP contribution in [0.3, 0.4) is 0 Å². The van der Waals surface area contributed by atoms with Gasteiger partial charge in [-0.05, 0) is 44.5 Å². The Balaban J connectivity index is 2.40. The molecule has 1 aliphatic heterocycles. The van der Waals surface area contributed by atoms with E-state index < -0.39 is 0 Å². The van der Waals surface area contributed by atoms with Crippen LogP contribution in [0.4, 0.5) is 0 Å². The lowest BCUT2D eigenvalue weighted by Crippen LogP contribution is -2.46. The summed E-state index contributed by atoms with van der Waals surface area (Å²) in [5.74, 6) is 0.843. The molecule has 2 N–H and O–H groups in total. The summed E-state index contributed by atoms with van der Waals surface area (Å²) in [5, 5.41) is 0.753. The van der Waals surface area contributed by atoms with Crippen LogP contribution in [-0.2, 0) is 0 Å². The fourth-order valence-electron chi connectivity index (χ4n) is 3.01. The molecule has 4 heteroatoms. The van der Waals surface area contributed by atoms with Crippen LogP contribution in [0, 0.1) is 0 Å². The molecular formula is C15H23ClN2O. The Labute approximate surface area is 120 Å². The molecule has 19 heavy (non-hydrogen) atoms. The standard InChI is InChI=1S/C15H23ClN2O/c1-3-9-18-10-5-7-12(17)15(18)14-11(16)6-4-8-13(14)19-2/h4,6,8,12,15H,3,5,7,9-10,17H2,1-2H3. The average Bonchev–Trinajstić information content (AvgIpc) is 2.40. The third kappa shape index (κ3) is 3.04. The van der Waals surface area contributed by atoms with Gasteiger partial charge < -0.3 is 10.5 Å². The molecular weight excluding hydrogens is 260 g/mol. The molecule has 0 saturated carbocycles. The second kappa shape index (κ2) is 6.60. The van der Waals surface area contributed by atoms with Crippen LogP contribution >= 0.6 is 11.6 Å². The SMILES string of the molecule is CCCN1CCCC(N)C1c1c(Cl)cccc1OC. The molecule has 0 amide bonds. The molecule has 0 aromatic heterocycles. The van der Waals surface area contributed by atoms with Gasteiger partial charge in [-0.2, -0.15) is 0 Å². The number of hydrogen-bond acceptors (Lipinski definition) is 3. The third-order valence-electron chi connectivity index (χ3n) is 3.82. The number of benzene rings is 1. The summed E-state index contributed by atoms with van der Waals surface area (Å²) >= 11 is 6.41. The first-order chi connectivity index (χ1) is 9.19. The van der Waals surface area contributed by atoms with Crippen molar-refractivity contribution in [2.45, 2.75) is 38.3 Å². The molecule has 106 valence electrons. The number of hydrogen-bond donors (Lipinski definition) is 1. The van der Waals surface area contributed by atoms with Gasteiger partial charge in [0.05, 0.1) is 13.2 Å². The Morgan fingerprint density at radius 3 is 2.95 bits per heavy atom. The number of nitrogens with zero attached hydrogens (tertiary/aromatic N) is 1. The number of ether oxygens (including phenoxy) is 1. The van der Waals surface area contributed by atoms with Gasteiger partial charge in [0.25, 0.3) is 0 Å². The summed E-state index contributed by atoms with van der Waals surface area (Å²) < 4.78 is 5.49. The first-order valence-electron chi connectivity index (χ1n) is 7.01. The Hall–Kier alpha value is -0.770.